The molecule has 0 aromatic heterocycles. The summed E-state index contributed by atoms with van der Waals surface area (Å²) >= 11 is 0. The Kier molecular flexibility index (Phi) is 4.67. The van der Waals surface area contributed by atoms with E-state index in [-0.39, 0.29) is 12.2 Å². The summed E-state index contributed by atoms with van der Waals surface area (Å²) in [6.45, 7) is 5.33. The Balaban J connectivity index is 1.76. The van der Waals surface area contributed by atoms with Crippen molar-refractivity contribution in [2.24, 2.45) is 0 Å². The zero-order chi connectivity index (χ0) is 18.3. The number of fused-ring (bicyclic) bond motifs is 3. The fourth-order valence-corrected chi connectivity index (χ4v) is 3.83. The maximum Gasteiger partial charge on any atom is 0.131 e. The average Bonchev–Trinajstić information content (AvgIpc) is 2.66. The first-order valence-electron chi connectivity index (χ1n) is 9.17. The van der Waals surface area contributed by atoms with Crippen LogP contribution in [0.5, 0.6) is 0 Å². The molecule has 138 valence electrons. The number of nitrogens with one attached hydrogen (secondary N) is 1. The fourth-order valence-electron chi connectivity index (χ4n) is 3.83. The summed E-state index contributed by atoms with van der Waals surface area (Å²) in [5.41, 5.74) is 3.61. The molecule has 0 bridgehead atoms. The van der Waals surface area contributed by atoms with Gasteiger partial charge in [0.15, 0.2) is 0 Å². The van der Waals surface area contributed by atoms with Crippen LogP contribution in [-0.2, 0) is 9.47 Å². The molecule has 4 unspecified atom stereocenters. The van der Waals surface area contributed by atoms with Crippen LogP contribution in [0.15, 0.2) is 36.4 Å². The SMILES string of the molecule is CCC(C)c1ccc2c(c1)C1OCCOC1C(c1ccc(F)cc1F)N2. The van der Waals surface area contributed by atoms with E-state index < -0.39 is 17.7 Å². The monoisotopic (exact) mass is 359 g/mol. The summed E-state index contributed by atoms with van der Waals surface area (Å²) in [6.07, 6.45) is 0.433. The second-order valence-corrected chi connectivity index (χ2v) is 7.07. The van der Waals surface area contributed by atoms with Crippen LogP contribution in [-0.4, -0.2) is 19.3 Å². The van der Waals surface area contributed by atoms with E-state index in [0.29, 0.717) is 24.7 Å². The highest BCUT2D eigenvalue weighted by atomic mass is 19.1. The molecule has 4 atom stereocenters. The first kappa shape index (κ1) is 17.4. The Hall–Kier alpha value is -1.98. The standard InChI is InChI=1S/C21H23F2NO2/c1-3-12(2)13-4-7-18-16(10-13)20-21(26-9-8-25-20)19(24-18)15-6-5-14(22)11-17(15)23/h4-7,10-12,19-21,24H,3,8-9H2,1-2H3. The Labute approximate surface area is 152 Å². The molecule has 1 fully saturated rings. The van der Waals surface area contributed by atoms with E-state index in [0.717, 1.165) is 23.7 Å². The van der Waals surface area contributed by atoms with Crippen molar-refractivity contribution < 1.29 is 18.3 Å². The molecule has 2 heterocycles. The molecule has 4 rings (SSSR count). The fraction of sp³-hybridized carbons (Fsp3) is 0.429. The van der Waals surface area contributed by atoms with E-state index in [4.69, 9.17) is 9.47 Å². The lowest BCUT2D eigenvalue weighted by Gasteiger charge is -2.43. The number of hydrogen-bond acceptors (Lipinski definition) is 3. The van der Waals surface area contributed by atoms with E-state index in [9.17, 15) is 8.78 Å². The van der Waals surface area contributed by atoms with Gasteiger partial charge < -0.3 is 14.8 Å². The molecule has 5 heteroatoms. The first-order valence-corrected chi connectivity index (χ1v) is 9.17. The van der Waals surface area contributed by atoms with Crippen LogP contribution in [0.3, 0.4) is 0 Å². The van der Waals surface area contributed by atoms with Crippen LogP contribution in [0, 0.1) is 11.6 Å². The summed E-state index contributed by atoms with van der Waals surface area (Å²) in [5.74, 6) is -0.705. The Morgan fingerprint density at radius 3 is 2.65 bits per heavy atom. The maximum absolute atomic E-state index is 14.4. The van der Waals surface area contributed by atoms with Gasteiger partial charge in [-0.1, -0.05) is 32.0 Å². The van der Waals surface area contributed by atoms with E-state index in [1.807, 2.05) is 6.07 Å². The van der Waals surface area contributed by atoms with Crippen molar-refractivity contribution in [3.63, 3.8) is 0 Å². The molecule has 1 saturated heterocycles. The van der Waals surface area contributed by atoms with Gasteiger partial charge in [0.25, 0.3) is 0 Å². The predicted molar refractivity (Wildman–Crippen MR) is 96.3 cm³/mol. The second-order valence-electron chi connectivity index (χ2n) is 7.07. The van der Waals surface area contributed by atoms with Crippen LogP contribution in [0.2, 0.25) is 0 Å². The average molecular weight is 359 g/mol. The quantitative estimate of drug-likeness (QED) is 0.827. The van der Waals surface area contributed by atoms with Crippen molar-refractivity contribution in [3.8, 4) is 0 Å². The lowest BCUT2D eigenvalue weighted by molar-refractivity contribution is -0.151. The maximum atomic E-state index is 14.4. The highest BCUT2D eigenvalue weighted by molar-refractivity contribution is 5.59. The zero-order valence-corrected chi connectivity index (χ0v) is 15.0. The molecule has 0 saturated carbocycles. The van der Waals surface area contributed by atoms with E-state index in [1.54, 1.807) is 0 Å². The Morgan fingerprint density at radius 2 is 1.88 bits per heavy atom. The molecule has 0 aliphatic carbocycles. The van der Waals surface area contributed by atoms with Gasteiger partial charge in [0.1, 0.15) is 23.8 Å². The molecule has 0 spiro atoms. The first-order chi connectivity index (χ1) is 12.6. The molecule has 2 aliphatic rings. The molecule has 2 aromatic carbocycles. The Morgan fingerprint density at radius 1 is 1.08 bits per heavy atom. The lowest BCUT2D eigenvalue weighted by Crippen LogP contribution is -2.43. The highest BCUT2D eigenvalue weighted by Gasteiger charge is 2.42. The van der Waals surface area contributed by atoms with Gasteiger partial charge in [0.05, 0.1) is 19.3 Å². The topological polar surface area (TPSA) is 30.5 Å². The largest absolute Gasteiger partial charge is 0.375 e. The summed E-state index contributed by atoms with van der Waals surface area (Å²) in [6, 6.07) is 9.54. The molecule has 0 amide bonds. The minimum absolute atomic E-state index is 0.265. The van der Waals surface area contributed by atoms with Gasteiger partial charge in [0, 0.05) is 22.9 Å². The summed E-state index contributed by atoms with van der Waals surface area (Å²) < 4.78 is 39.7. The van der Waals surface area contributed by atoms with Gasteiger partial charge in [0.2, 0.25) is 0 Å². The van der Waals surface area contributed by atoms with Crippen LogP contribution >= 0.6 is 0 Å². The summed E-state index contributed by atoms with van der Waals surface area (Å²) in [7, 11) is 0. The lowest BCUT2D eigenvalue weighted by atomic mass is 9.85. The summed E-state index contributed by atoms with van der Waals surface area (Å²) in [5, 5.41) is 3.39. The third-order valence-corrected chi connectivity index (χ3v) is 5.49. The number of benzene rings is 2. The number of hydrogen-bond donors (Lipinski definition) is 1. The van der Waals surface area contributed by atoms with Crippen molar-refractivity contribution in [2.45, 2.75) is 44.4 Å². The Bertz CT molecular complexity index is 811. The predicted octanol–water partition coefficient (Wildman–Crippen LogP) is 5.10. The van der Waals surface area contributed by atoms with Crippen LogP contribution in [0.25, 0.3) is 0 Å². The van der Waals surface area contributed by atoms with Crippen molar-refractivity contribution in [3.05, 3.63) is 64.7 Å². The summed E-state index contributed by atoms with van der Waals surface area (Å²) in [4.78, 5) is 0. The van der Waals surface area contributed by atoms with Gasteiger partial charge in [-0.3, -0.25) is 0 Å². The molecule has 2 aromatic rings. The number of halogens is 2. The van der Waals surface area contributed by atoms with Crippen LogP contribution < -0.4 is 5.32 Å². The van der Waals surface area contributed by atoms with E-state index >= 15 is 0 Å². The third-order valence-electron chi connectivity index (χ3n) is 5.49. The van der Waals surface area contributed by atoms with Crippen LogP contribution in [0.4, 0.5) is 14.5 Å². The van der Waals surface area contributed by atoms with E-state index in [1.165, 1.54) is 17.7 Å². The minimum atomic E-state index is -0.585. The van der Waals surface area contributed by atoms with Gasteiger partial charge in [-0.15, -0.1) is 0 Å². The number of rotatable bonds is 3. The van der Waals surface area contributed by atoms with Gasteiger partial charge in [-0.25, -0.2) is 8.78 Å². The molecule has 0 radical (unpaired) electrons. The van der Waals surface area contributed by atoms with Gasteiger partial charge in [-0.05, 0) is 30.0 Å². The molecular weight excluding hydrogens is 336 g/mol. The van der Waals surface area contributed by atoms with Crippen LogP contribution in [0.1, 0.15) is 55.0 Å². The van der Waals surface area contributed by atoms with Crippen molar-refractivity contribution in [1.82, 2.24) is 0 Å². The molecule has 1 N–H and O–H groups in total. The highest BCUT2D eigenvalue weighted by Crippen LogP contribution is 2.45. The van der Waals surface area contributed by atoms with E-state index in [2.05, 4.69) is 31.3 Å². The van der Waals surface area contributed by atoms with Crippen molar-refractivity contribution in [1.29, 1.82) is 0 Å². The molecule has 2 aliphatic heterocycles. The van der Waals surface area contributed by atoms with Crippen molar-refractivity contribution in [2.75, 3.05) is 18.5 Å². The van der Waals surface area contributed by atoms with Gasteiger partial charge in [-0.2, -0.15) is 0 Å². The third kappa shape index (κ3) is 2.99. The molecule has 26 heavy (non-hydrogen) atoms. The normalized spacial score (nSPS) is 25.8. The van der Waals surface area contributed by atoms with Crippen molar-refractivity contribution >= 4 is 5.69 Å². The molecular formula is C21H23F2NO2. The second kappa shape index (κ2) is 6.97. The minimum Gasteiger partial charge on any atom is -0.375 e. The number of anilines is 1. The zero-order valence-electron chi connectivity index (χ0n) is 15.0. The molecule has 3 nitrogen and oxygen atoms in total. The smallest absolute Gasteiger partial charge is 0.131 e. The number of ether oxygens (including phenoxy) is 2. The van der Waals surface area contributed by atoms with Gasteiger partial charge >= 0.3 is 0 Å².